The van der Waals surface area contributed by atoms with Crippen LogP contribution < -0.4 is 4.57 Å². The Bertz CT molecular complexity index is 336. The van der Waals surface area contributed by atoms with Crippen molar-refractivity contribution in [1.29, 1.82) is 0 Å². The molecule has 1 rings (SSSR count). The van der Waals surface area contributed by atoms with E-state index in [1.165, 1.54) is 10.8 Å². The van der Waals surface area contributed by atoms with Gasteiger partial charge in [0.15, 0.2) is 12.4 Å². The minimum absolute atomic E-state index is 0.104. The van der Waals surface area contributed by atoms with Gasteiger partial charge in [-0.15, -0.1) is 0 Å². The summed E-state index contributed by atoms with van der Waals surface area (Å²) in [5.74, 6) is -0.914. The number of nitrogens with zero attached hydrogens (tertiary/aromatic N) is 2. The van der Waals surface area contributed by atoms with E-state index in [1.54, 1.807) is 24.5 Å². The summed E-state index contributed by atoms with van der Waals surface area (Å²) in [6.45, 7) is -0.104. The lowest BCUT2D eigenvalue weighted by atomic mass is 10.3. The van der Waals surface area contributed by atoms with Crippen molar-refractivity contribution >= 4 is 12.2 Å². The lowest BCUT2D eigenvalue weighted by Crippen LogP contribution is -2.37. The van der Waals surface area contributed by atoms with E-state index >= 15 is 0 Å². The van der Waals surface area contributed by atoms with Gasteiger partial charge in [0.1, 0.15) is 0 Å². The zero-order valence-corrected chi connectivity index (χ0v) is 6.79. The van der Waals surface area contributed by atoms with Crippen LogP contribution in [0, 0.1) is 0 Å². The standard InChI is InChI=1S/C8H8N2O3/c11-8(12)6-10-3-1-2-7(5-10)4-9-13/h1-5H,6H2,(H-,11,12,13)/p+1/b9-4+. The molecule has 5 heteroatoms. The SMILES string of the molecule is O=C(O)C[n+]1cccc(/C=N/O)c1. The van der Waals surface area contributed by atoms with Crippen molar-refractivity contribution in [3.05, 3.63) is 30.1 Å². The number of hydrogen-bond donors (Lipinski definition) is 2. The monoisotopic (exact) mass is 181 g/mol. The summed E-state index contributed by atoms with van der Waals surface area (Å²) in [6, 6.07) is 3.39. The number of rotatable bonds is 3. The fourth-order valence-electron chi connectivity index (χ4n) is 0.940. The van der Waals surface area contributed by atoms with Crippen LogP contribution in [0.1, 0.15) is 5.56 Å². The third-order valence-corrected chi connectivity index (χ3v) is 1.41. The van der Waals surface area contributed by atoms with Crippen molar-refractivity contribution in [3.8, 4) is 0 Å². The molecule has 0 atom stereocenters. The molecular weight excluding hydrogens is 172 g/mol. The highest BCUT2D eigenvalue weighted by Crippen LogP contribution is 1.88. The Labute approximate surface area is 74.6 Å². The second-order valence-corrected chi connectivity index (χ2v) is 2.45. The van der Waals surface area contributed by atoms with Crippen molar-refractivity contribution in [2.45, 2.75) is 6.54 Å². The van der Waals surface area contributed by atoms with Gasteiger partial charge < -0.3 is 10.3 Å². The Morgan fingerprint density at radius 2 is 2.46 bits per heavy atom. The molecule has 0 aromatic carbocycles. The number of pyridine rings is 1. The summed E-state index contributed by atoms with van der Waals surface area (Å²) < 4.78 is 1.49. The van der Waals surface area contributed by atoms with Crippen LogP contribution in [-0.4, -0.2) is 22.5 Å². The lowest BCUT2D eigenvalue weighted by molar-refractivity contribution is -0.685. The van der Waals surface area contributed by atoms with Crippen LogP contribution in [0.4, 0.5) is 0 Å². The summed E-state index contributed by atoms with van der Waals surface area (Å²) in [5.41, 5.74) is 0.645. The average molecular weight is 181 g/mol. The predicted octanol–water partition coefficient (Wildman–Crippen LogP) is -0.133. The van der Waals surface area contributed by atoms with E-state index in [4.69, 9.17) is 10.3 Å². The van der Waals surface area contributed by atoms with E-state index in [0.717, 1.165) is 0 Å². The molecule has 1 aromatic heterocycles. The van der Waals surface area contributed by atoms with Crippen LogP contribution in [0.2, 0.25) is 0 Å². The molecule has 1 aromatic rings. The molecule has 0 bridgehead atoms. The molecule has 13 heavy (non-hydrogen) atoms. The smallest absolute Gasteiger partial charge is 0.370 e. The lowest BCUT2D eigenvalue weighted by Gasteiger charge is -1.92. The molecule has 0 spiro atoms. The van der Waals surface area contributed by atoms with Gasteiger partial charge in [0.2, 0.25) is 6.54 Å². The first kappa shape index (κ1) is 9.18. The van der Waals surface area contributed by atoms with Gasteiger partial charge >= 0.3 is 5.97 Å². The number of carbonyl (C=O) groups is 1. The summed E-state index contributed by atoms with van der Waals surface area (Å²) in [4.78, 5) is 10.3. The van der Waals surface area contributed by atoms with Crippen LogP contribution in [-0.2, 0) is 11.3 Å². The molecular formula is C8H9N2O3+. The van der Waals surface area contributed by atoms with Gasteiger partial charge in [-0.05, 0) is 6.07 Å². The van der Waals surface area contributed by atoms with E-state index < -0.39 is 5.97 Å². The molecule has 68 valence electrons. The summed E-state index contributed by atoms with van der Waals surface area (Å²) in [5, 5.41) is 19.6. The number of hydrogen-bond acceptors (Lipinski definition) is 3. The normalized spacial score (nSPS) is 10.5. The Kier molecular flexibility index (Phi) is 2.97. The first-order valence-electron chi connectivity index (χ1n) is 3.60. The number of aromatic nitrogens is 1. The summed E-state index contributed by atoms with van der Waals surface area (Å²) in [7, 11) is 0. The first-order chi connectivity index (χ1) is 6.22. The molecule has 0 aliphatic heterocycles. The molecule has 0 saturated carbocycles. The van der Waals surface area contributed by atoms with Crippen molar-refractivity contribution in [3.63, 3.8) is 0 Å². The van der Waals surface area contributed by atoms with Crippen molar-refractivity contribution in [1.82, 2.24) is 0 Å². The Morgan fingerprint density at radius 1 is 1.69 bits per heavy atom. The molecule has 0 aliphatic carbocycles. The molecule has 0 saturated heterocycles. The second-order valence-electron chi connectivity index (χ2n) is 2.45. The van der Waals surface area contributed by atoms with Gasteiger partial charge in [0.25, 0.3) is 0 Å². The fraction of sp³-hybridized carbons (Fsp3) is 0.125. The van der Waals surface area contributed by atoms with E-state index in [1.807, 2.05) is 0 Å². The molecule has 0 radical (unpaired) electrons. The molecule has 0 fully saturated rings. The minimum atomic E-state index is -0.914. The second kappa shape index (κ2) is 4.20. The van der Waals surface area contributed by atoms with Crippen LogP contribution in [0.5, 0.6) is 0 Å². The highest BCUT2D eigenvalue weighted by Gasteiger charge is 2.06. The van der Waals surface area contributed by atoms with Crippen molar-refractivity contribution < 1.29 is 19.7 Å². The largest absolute Gasteiger partial charge is 0.477 e. The van der Waals surface area contributed by atoms with Crippen molar-refractivity contribution in [2.24, 2.45) is 5.16 Å². The van der Waals surface area contributed by atoms with E-state index in [-0.39, 0.29) is 6.54 Å². The van der Waals surface area contributed by atoms with Gasteiger partial charge in [-0.1, -0.05) is 5.16 Å². The molecule has 0 amide bonds. The summed E-state index contributed by atoms with van der Waals surface area (Å²) in [6.07, 6.45) is 4.44. The van der Waals surface area contributed by atoms with Crippen LogP contribution in [0.25, 0.3) is 0 Å². The minimum Gasteiger partial charge on any atom is -0.477 e. The maximum Gasteiger partial charge on any atom is 0.370 e. The maximum atomic E-state index is 10.3. The molecule has 2 N–H and O–H groups in total. The number of aliphatic carboxylic acids is 1. The zero-order valence-electron chi connectivity index (χ0n) is 6.79. The number of carboxylic acids is 1. The predicted molar refractivity (Wildman–Crippen MR) is 43.7 cm³/mol. The van der Waals surface area contributed by atoms with E-state index in [2.05, 4.69) is 5.16 Å². The van der Waals surface area contributed by atoms with Gasteiger partial charge in [-0.2, -0.15) is 4.57 Å². The quantitative estimate of drug-likeness (QED) is 0.295. The molecule has 1 heterocycles. The van der Waals surface area contributed by atoms with E-state index in [0.29, 0.717) is 5.56 Å². The number of carboxylic acid groups (broad SMARTS) is 1. The summed E-state index contributed by atoms with van der Waals surface area (Å²) >= 11 is 0. The molecule has 0 unspecified atom stereocenters. The van der Waals surface area contributed by atoms with E-state index in [9.17, 15) is 4.79 Å². The third kappa shape index (κ3) is 2.90. The van der Waals surface area contributed by atoms with Gasteiger partial charge in [0.05, 0.1) is 11.8 Å². The number of oxime groups is 1. The highest BCUT2D eigenvalue weighted by molar-refractivity contribution is 5.77. The molecule has 0 aliphatic rings. The van der Waals surface area contributed by atoms with Gasteiger partial charge in [-0.25, -0.2) is 4.79 Å². The Hall–Kier alpha value is -1.91. The van der Waals surface area contributed by atoms with Crippen molar-refractivity contribution in [2.75, 3.05) is 0 Å². The fourth-order valence-corrected chi connectivity index (χ4v) is 0.940. The van der Waals surface area contributed by atoms with Crippen LogP contribution >= 0.6 is 0 Å². The van der Waals surface area contributed by atoms with Crippen LogP contribution in [0.3, 0.4) is 0 Å². The first-order valence-corrected chi connectivity index (χ1v) is 3.60. The zero-order chi connectivity index (χ0) is 9.68. The Balaban J connectivity index is 2.85. The average Bonchev–Trinajstić information content (AvgIpc) is 2.04. The molecule has 5 nitrogen and oxygen atoms in total. The highest BCUT2D eigenvalue weighted by atomic mass is 16.4. The van der Waals surface area contributed by atoms with Gasteiger partial charge in [-0.3, -0.25) is 0 Å². The Morgan fingerprint density at radius 3 is 3.08 bits per heavy atom. The topological polar surface area (TPSA) is 73.8 Å². The van der Waals surface area contributed by atoms with Gasteiger partial charge in [0, 0.05) is 6.07 Å². The van der Waals surface area contributed by atoms with Crippen LogP contribution in [0.15, 0.2) is 29.7 Å². The maximum absolute atomic E-state index is 10.3. The third-order valence-electron chi connectivity index (χ3n) is 1.41.